The van der Waals surface area contributed by atoms with Crippen molar-refractivity contribution >= 4 is 17.3 Å². The maximum Gasteiger partial charge on any atom is 0.307 e. The van der Waals surface area contributed by atoms with Crippen LogP contribution in [0.2, 0.25) is 0 Å². The van der Waals surface area contributed by atoms with Gasteiger partial charge in [0.25, 0.3) is 0 Å². The van der Waals surface area contributed by atoms with Gasteiger partial charge in [-0.2, -0.15) is 0 Å². The molecule has 0 amide bonds. The van der Waals surface area contributed by atoms with E-state index in [1.165, 1.54) is 34.7 Å². The highest BCUT2D eigenvalue weighted by Crippen LogP contribution is 2.23. The fraction of sp³-hybridized carbons (Fsp3) is 0.667. The first-order chi connectivity index (χ1) is 8.18. The Morgan fingerprint density at radius 2 is 2.06 bits per heavy atom. The van der Waals surface area contributed by atoms with Crippen LogP contribution in [-0.4, -0.2) is 15.6 Å². The van der Waals surface area contributed by atoms with E-state index in [0.717, 1.165) is 19.3 Å². The van der Waals surface area contributed by atoms with Crippen molar-refractivity contribution in [2.75, 3.05) is 0 Å². The lowest BCUT2D eigenvalue weighted by Gasteiger charge is -2.06. The third kappa shape index (κ3) is 2.97. The number of carboxylic acids is 1. The molecule has 0 bridgehead atoms. The largest absolute Gasteiger partial charge is 0.481 e. The Labute approximate surface area is 104 Å². The molecule has 0 saturated carbocycles. The summed E-state index contributed by atoms with van der Waals surface area (Å²) in [5.41, 5.74) is 1.17. The topological polar surface area (TPSA) is 59.3 Å². The predicted molar refractivity (Wildman–Crippen MR) is 66.7 cm³/mol. The van der Waals surface area contributed by atoms with Crippen LogP contribution in [-0.2, 0) is 24.2 Å². The number of carbonyl (C=O) groups is 1. The van der Waals surface area contributed by atoms with Crippen LogP contribution in [0.25, 0.3) is 0 Å². The summed E-state index contributed by atoms with van der Waals surface area (Å²) in [4.78, 5) is 23.6. The molecule has 0 unspecified atom stereocenters. The number of aromatic nitrogens is 1. The molecule has 0 aromatic carbocycles. The summed E-state index contributed by atoms with van der Waals surface area (Å²) in [6.07, 6.45) is 6.20. The number of hydrogen-bond donors (Lipinski definition) is 1. The maximum atomic E-state index is 11.8. The molecular weight excluding hydrogens is 238 g/mol. The van der Waals surface area contributed by atoms with Crippen molar-refractivity contribution in [3.05, 3.63) is 20.2 Å². The molecule has 17 heavy (non-hydrogen) atoms. The van der Waals surface area contributed by atoms with Gasteiger partial charge >= 0.3 is 10.8 Å². The molecule has 1 aliphatic carbocycles. The smallest absolute Gasteiger partial charge is 0.307 e. The van der Waals surface area contributed by atoms with Crippen LogP contribution < -0.4 is 4.87 Å². The number of aliphatic carboxylic acids is 1. The SMILES string of the molecule is O=C(O)CCCn1c2c(sc1=O)CCCCC2. The van der Waals surface area contributed by atoms with Gasteiger partial charge in [-0.3, -0.25) is 9.59 Å². The number of hydrogen-bond acceptors (Lipinski definition) is 3. The van der Waals surface area contributed by atoms with E-state index in [1.807, 2.05) is 0 Å². The van der Waals surface area contributed by atoms with E-state index >= 15 is 0 Å². The lowest BCUT2D eigenvalue weighted by atomic mass is 10.2. The molecule has 0 fully saturated rings. The van der Waals surface area contributed by atoms with Gasteiger partial charge in [-0.25, -0.2) is 0 Å². The van der Waals surface area contributed by atoms with E-state index in [1.54, 1.807) is 4.57 Å². The van der Waals surface area contributed by atoms with Gasteiger partial charge in [0.15, 0.2) is 0 Å². The lowest BCUT2D eigenvalue weighted by molar-refractivity contribution is -0.137. The van der Waals surface area contributed by atoms with Gasteiger partial charge in [0.2, 0.25) is 0 Å². The van der Waals surface area contributed by atoms with Gasteiger partial charge in [0, 0.05) is 23.5 Å². The summed E-state index contributed by atoms with van der Waals surface area (Å²) in [5.74, 6) is -0.792. The zero-order valence-electron chi connectivity index (χ0n) is 9.78. The van der Waals surface area contributed by atoms with Gasteiger partial charge in [-0.1, -0.05) is 17.8 Å². The predicted octanol–water partition coefficient (Wildman–Crippen LogP) is 2.04. The number of thiazole rings is 1. The Kier molecular flexibility index (Phi) is 3.99. The molecule has 94 valence electrons. The molecule has 0 atom stereocenters. The molecule has 0 spiro atoms. The summed E-state index contributed by atoms with van der Waals surface area (Å²) in [5, 5.41) is 8.61. The molecule has 5 heteroatoms. The highest BCUT2D eigenvalue weighted by atomic mass is 32.1. The van der Waals surface area contributed by atoms with Gasteiger partial charge < -0.3 is 9.67 Å². The Morgan fingerprint density at radius 1 is 1.29 bits per heavy atom. The second-order valence-corrected chi connectivity index (χ2v) is 5.49. The van der Waals surface area contributed by atoms with Crippen molar-refractivity contribution < 1.29 is 9.90 Å². The summed E-state index contributed by atoms with van der Waals surface area (Å²) < 4.78 is 1.80. The number of carboxylic acid groups (broad SMARTS) is 1. The third-order valence-electron chi connectivity index (χ3n) is 3.17. The molecule has 0 radical (unpaired) electrons. The van der Waals surface area contributed by atoms with Crippen LogP contribution in [0.3, 0.4) is 0 Å². The summed E-state index contributed by atoms with van der Waals surface area (Å²) in [6.45, 7) is 0.553. The van der Waals surface area contributed by atoms with Gasteiger partial charge in [-0.15, -0.1) is 0 Å². The van der Waals surface area contributed by atoms with E-state index in [-0.39, 0.29) is 11.3 Å². The highest BCUT2D eigenvalue weighted by molar-refractivity contribution is 7.09. The van der Waals surface area contributed by atoms with Crippen molar-refractivity contribution in [3.63, 3.8) is 0 Å². The van der Waals surface area contributed by atoms with Gasteiger partial charge in [0.1, 0.15) is 0 Å². The second-order valence-electron chi connectivity index (χ2n) is 4.45. The first kappa shape index (κ1) is 12.4. The van der Waals surface area contributed by atoms with E-state index in [9.17, 15) is 9.59 Å². The first-order valence-electron chi connectivity index (χ1n) is 6.11. The van der Waals surface area contributed by atoms with Crippen LogP contribution in [0.4, 0.5) is 0 Å². The minimum atomic E-state index is -0.792. The van der Waals surface area contributed by atoms with Crippen molar-refractivity contribution in [2.45, 2.75) is 51.5 Å². The van der Waals surface area contributed by atoms with Gasteiger partial charge in [-0.05, 0) is 32.1 Å². The molecule has 1 aromatic rings. The average Bonchev–Trinajstić information content (AvgIpc) is 2.47. The minimum absolute atomic E-state index is 0.0855. The van der Waals surface area contributed by atoms with Crippen molar-refractivity contribution in [1.82, 2.24) is 4.57 Å². The lowest BCUT2D eigenvalue weighted by Crippen LogP contribution is -2.17. The summed E-state index contributed by atoms with van der Waals surface area (Å²) >= 11 is 1.35. The zero-order chi connectivity index (χ0) is 12.3. The molecule has 1 N–H and O–H groups in total. The average molecular weight is 255 g/mol. The quantitative estimate of drug-likeness (QED) is 0.838. The number of rotatable bonds is 4. The number of fused-ring (bicyclic) bond motifs is 1. The molecule has 4 nitrogen and oxygen atoms in total. The summed E-state index contributed by atoms with van der Waals surface area (Å²) in [7, 11) is 0. The fourth-order valence-electron chi connectivity index (χ4n) is 2.32. The fourth-order valence-corrected chi connectivity index (χ4v) is 3.42. The molecule has 1 heterocycles. The van der Waals surface area contributed by atoms with Crippen LogP contribution in [0.1, 0.15) is 42.7 Å². The Hall–Kier alpha value is -1.10. The molecule has 0 aliphatic heterocycles. The van der Waals surface area contributed by atoms with E-state index < -0.39 is 5.97 Å². The third-order valence-corrected chi connectivity index (χ3v) is 4.25. The van der Waals surface area contributed by atoms with Crippen LogP contribution in [0, 0.1) is 0 Å². The van der Waals surface area contributed by atoms with Crippen molar-refractivity contribution in [1.29, 1.82) is 0 Å². The van der Waals surface area contributed by atoms with Crippen LogP contribution >= 0.6 is 11.3 Å². The Bertz CT molecular complexity index is 461. The zero-order valence-corrected chi connectivity index (χ0v) is 10.6. The van der Waals surface area contributed by atoms with Crippen molar-refractivity contribution in [2.24, 2.45) is 0 Å². The Balaban J connectivity index is 2.13. The molecule has 2 rings (SSSR count). The highest BCUT2D eigenvalue weighted by Gasteiger charge is 2.16. The maximum absolute atomic E-state index is 11.8. The molecule has 1 aliphatic rings. The first-order valence-corrected chi connectivity index (χ1v) is 6.93. The monoisotopic (exact) mass is 255 g/mol. The standard InChI is InChI=1S/C12H17NO3S/c14-11(15)7-4-8-13-9-5-2-1-3-6-10(9)17-12(13)16/h1-8H2,(H,14,15). The van der Waals surface area contributed by atoms with Crippen LogP contribution in [0.5, 0.6) is 0 Å². The minimum Gasteiger partial charge on any atom is -0.481 e. The number of nitrogens with zero attached hydrogens (tertiary/aromatic N) is 1. The second kappa shape index (κ2) is 5.49. The number of aryl methyl sites for hydroxylation is 1. The summed E-state index contributed by atoms with van der Waals surface area (Å²) in [6, 6.07) is 0. The molecule has 1 aromatic heterocycles. The normalized spacial score (nSPS) is 15.3. The van der Waals surface area contributed by atoms with Gasteiger partial charge in [0.05, 0.1) is 0 Å². The van der Waals surface area contributed by atoms with Crippen molar-refractivity contribution in [3.8, 4) is 0 Å². The molecule has 0 saturated heterocycles. The van der Waals surface area contributed by atoms with E-state index in [4.69, 9.17) is 5.11 Å². The van der Waals surface area contributed by atoms with E-state index in [0.29, 0.717) is 13.0 Å². The molecular formula is C12H17NO3S. The van der Waals surface area contributed by atoms with E-state index in [2.05, 4.69) is 0 Å². The Morgan fingerprint density at radius 3 is 2.82 bits per heavy atom. The van der Waals surface area contributed by atoms with Crippen LogP contribution in [0.15, 0.2) is 4.79 Å².